The van der Waals surface area contributed by atoms with Crippen molar-refractivity contribution < 1.29 is 32.3 Å². The summed E-state index contributed by atoms with van der Waals surface area (Å²) in [5, 5.41) is 10.3. The number of fused-ring (bicyclic) bond motifs is 1. The Bertz CT molecular complexity index is 1290. The molecule has 0 unspecified atom stereocenters. The van der Waals surface area contributed by atoms with Gasteiger partial charge < -0.3 is 9.64 Å². The van der Waals surface area contributed by atoms with Gasteiger partial charge in [-0.25, -0.2) is 23.0 Å². The van der Waals surface area contributed by atoms with Crippen molar-refractivity contribution in [1.82, 2.24) is 15.4 Å². The molecule has 4 rings (SSSR count). The topological polar surface area (TPSA) is 74.7 Å². The lowest BCUT2D eigenvalue weighted by Gasteiger charge is -2.40. The van der Waals surface area contributed by atoms with E-state index in [1.807, 2.05) is 17.6 Å². The van der Waals surface area contributed by atoms with Crippen molar-refractivity contribution in [2.45, 2.75) is 43.7 Å². The molecule has 1 aliphatic rings. The summed E-state index contributed by atoms with van der Waals surface area (Å²) in [5.41, 5.74) is 3.10. The van der Waals surface area contributed by atoms with E-state index in [1.54, 1.807) is 19.4 Å². The molecule has 39 heavy (non-hydrogen) atoms. The van der Waals surface area contributed by atoms with Gasteiger partial charge in [-0.3, -0.25) is 15.0 Å². The lowest BCUT2D eigenvalue weighted by atomic mass is 9.73. The minimum absolute atomic E-state index is 0.212. The van der Waals surface area contributed by atoms with Gasteiger partial charge in [0, 0.05) is 41.6 Å². The number of amides is 1. The molecule has 3 aromatic rings. The van der Waals surface area contributed by atoms with Crippen LogP contribution in [0.1, 0.15) is 36.8 Å². The molecular weight excluding hydrogens is 534 g/mol. The van der Waals surface area contributed by atoms with E-state index in [-0.39, 0.29) is 4.90 Å². The van der Waals surface area contributed by atoms with Gasteiger partial charge in [-0.2, -0.15) is 0 Å². The van der Waals surface area contributed by atoms with Crippen molar-refractivity contribution in [3.63, 3.8) is 0 Å². The maximum Gasteiger partial charge on any atom is 0.249 e. The molecule has 0 bridgehead atoms. The van der Waals surface area contributed by atoms with Gasteiger partial charge in [0.05, 0.1) is 22.9 Å². The fourth-order valence-electron chi connectivity index (χ4n) is 5.27. The number of benzene rings is 2. The molecule has 0 saturated carbocycles. The zero-order chi connectivity index (χ0) is 28.0. The maximum absolute atomic E-state index is 13.9. The van der Waals surface area contributed by atoms with Gasteiger partial charge in [0.15, 0.2) is 0 Å². The summed E-state index contributed by atoms with van der Waals surface area (Å²) in [4.78, 5) is 19.0. The summed E-state index contributed by atoms with van der Waals surface area (Å²) in [5.74, 6) is -2.21. The largest absolute Gasteiger partial charge is 0.497 e. The number of ether oxygens (including phenoxy) is 1. The van der Waals surface area contributed by atoms with E-state index < -0.39 is 35.4 Å². The van der Waals surface area contributed by atoms with E-state index in [9.17, 15) is 27.6 Å². The molecule has 1 saturated heterocycles. The number of carbonyl (C=O) groups is 1. The molecule has 1 fully saturated rings. The second-order valence-electron chi connectivity index (χ2n) is 9.74. The molecule has 0 radical (unpaired) electrons. The van der Waals surface area contributed by atoms with Crippen LogP contribution >= 0.6 is 11.8 Å². The number of hydrogen-bond donors (Lipinski definition) is 2. The Hall–Kier alpha value is -2.89. The number of likely N-dealkylation sites (tertiary alicyclic amines) is 1. The number of piperidine rings is 1. The number of thioether (sulfide) groups is 1. The smallest absolute Gasteiger partial charge is 0.249 e. The zero-order valence-electron chi connectivity index (χ0n) is 21.6. The van der Waals surface area contributed by atoms with E-state index in [0.717, 1.165) is 28.2 Å². The third-order valence-electron chi connectivity index (χ3n) is 7.52. The highest BCUT2D eigenvalue weighted by Crippen LogP contribution is 2.38. The van der Waals surface area contributed by atoms with Crippen LogP contribution in [0.5, 0.6) is 5.75 Å². The number of nitrogens with zero attached hydrogens (tertiary/aromatic N) is 2. The first kappa shape index (κ1) is 29.1. The van der Waals surface area contributed by atoms with Crippen molar-refractivity contribution in [3.05, 3.63) is 65.1 Å². The average Bonchev–Trinajstić information content (AvgIpc) is 2.94. The minimum Gasteiger partial charge on any atom is -0.497 e. The van der Waals surface area contributed by atoms with Crippen molar-refractivity contribution in [2.24, 2.45) is 5.41 Å². The van der Waals surface area contributed by atoms with Crippen LogP contribution in [0, 0.1) is 22.9 Å². The Kier molecular flexibility index (Phi) is 9.68. The number of alkyl halides is 1. The molecule has 2 aromatic carbocycles. The van der Waals surface area contributed by atoms with Crippen LogP contribution in [-0.4, -0.2) is 53.5 Å². The quantitative estimate of drug-likeness (QED) is 0.132. The standard InChI is InChI=1S/C28H31F4N3O3S/c1-38-20-4-5-25-22(15-20)21(18(16-29)17-33-25)3-2-6-28(27(36)34-37)7-9-35(10-8-28)11-12-39-26-23(31)13-19(30)14-24(26)32/h4-5,13-15,17,37H,2-3,6-12,16H2,1H3,(H,34,36). The number of nitrogens with one attached hydrogen (secondary N) is 1. The van der Waals surface area contributed by atoms with Gasteiger partial charge >= 0.3 is 0 Å². The molecular formula is C28H31F4N3O3S. The van der Waals surface area contributed by atoms with Crippen LogP contribution < -0.4 is 10.2 Å². The van der Waals surface area contributed by atoms with Crippen LogP contribution in [0.4, 0.5) is 17.6 Å². The monoisotopic (exact) mass is 565 g/mol. The van der Waals surface area contributed by atoms with Gasteiger partial charge in [-0.15, -0.1) is 11.8 Å². The fraction of sp³-hybridized carbons (Fsp3) is 0.429. The van der Waals surface area contributed by atoms with E-state index >= 15 is 0 Å². The molecule has 11 heteroatoms. The number of carbonyl (C=O) groups excluding carboxylic acids is 1. The molecule has 0 atom stereocenters. The predicted octanol–water partition coefficient (Wildman–Crippen LogP) is 5.83. The summed E-state index contributed by atoms with van der Waals surface area (Å²) in [7, 11) is 1.56. The second kappa shape index (κ2) is 13.0. The third kappa shape index (κ3) is 6.64. The molecule has 0 spiro atoms. The van der Waals surface area contributed by atoms with E-state index in [4.69, 9.17) is 4.74 Å². The Balaban J connectivity index is 1.38. The number of hydrogen-bond acceptors (Lipinski definition) is 6. The van der Waals surface area contributed by atoms with Crippen LogP contribution in [-0.2, 0) is 17.9 Å². The summed E-state index contributed by atoms with van der Waals surface area (Å²) in [6.07, 6.45) is 4.14. The molecule has 1 aliphatic heterocycles. The predicted molar refractivity (Wildman–Crippen MR) is 141 cm³/mol. The van der Waals surface area contributed by atoms with Crippen LogP contribution in [0.2, 0.25) is 0 Å². The van der Waals surface area contributed by atoms with Crippen LogP contribution in [0.3, 0.4) is 0 Å². The van der Waals surface area contributed by atoms with Crippen molar-refractivity contribution >= 4 is 28.6 Å². The Morgan fingerprint density at radius 3 is 2.54 bits per heavy atom. The third-order valence-corrected chi connectivity index (χ3v) is 8.58. The van der Waals surface area contributed by atoms with E-state index in [1.165, 1.54) is 0 Å². The lowest BCUT2D eigenvalue weighted by molar-refractivity contribution is -0.143. The normalized spacial score (nSPS) is 15.4. The number of rotatable bonds is 11. The number of methoxy groups -OCH3 is 1. The first-order valence-corrected chi connectivity index (χ1v) is 13.7. The summed E-state index contributed by atoms with van der Waals surface area (Å²) in [6.45, 7) is 1.000. The fourth-order valence-corrected chi connectivity index (χ4v) is 6.21. The SMILES string of the molecule is COc1ccc2ncc(CF)c(CCCC3(C(=O)NO)CCN(CCSc4c(F)cc(F)cc4F)CC3)c2c1. The minimum atomic E-state index is -0.957. The number of aromatic nitrogens is 1. The first-order chi connectivity index (χ1) is 18.8. The van der Waals surface area contributed by atoms with Crippen LogP contribution in [0.25, 0.3) is 10.9 Å². The highest BCUT2D eigenvalue weighted by atomic mass is 32.2. The Labute approximate surface area is 228 Å². The molecule has 2 heterocycles. The van der Waals surface area contributed by atoms with Crippen molar-refractivity contribution in [2.75, 3.05) is 32.5 Å². The van der Waals surface area contributed by atoms with Gasteiger partial charge in [-0.05, 0) is 69.0 Å². The zero-order valence-corrected chi connectivity index (χ0v) is 22.4. The van der Waals surface area contributed by atoms with Gasteiger partial charge in [0.1, 0.15) is 29.9 Å². The highest BCUT2D eigenvalue weighted by molar-refractivity contribution is 7.99. The van der Waals surface area contributed by atoms with Crippen molar-refractivity contribution in [1.29, 1.82) is 0 Å². The number of pyridine rings is 1. The summed E-state index contributed by atoms with van der Waals surface area (Å²) >= 11 is 0.983. The molecule has 0 aliphatic carbocycles. The first-order valence-electron chi connectivity index (χ1n) is 12.7. The van der Waals surface area contributed by atoms with Gasteiger partial charge in [-0.1, -0.05) is 0 Å². The average molecular weight is 566 g/mol. The van der Waals surface area contributed by atoms with Gasteiger partial charge in [0.25, 0.3) is 0 Å². The number of halogens is 4. The molecule has 1 amide bonds. The second-order valence-corrected chi connectivity index (χ2v) is 10.8. The molecule has 6 nitrogen and oxygen atoms in total. The number of hydroxylamine groups is 1. The number of aryl methyl sites for hydroxylation is 1. The summed E-state index contributed by atoms with van der Waals surface area (Å²) < 4.78 is 60.1. The van der Waals surface area contributed by atoms with Crippen molar-refractivity contribution in [3.8, 4) is 5.75 Å². The lowest BCUT2D eigenvalue weighted by Crippen LogP contribution is -2.48. The molecule has 2 N–H and O–H groups in total. The highest BCUT2D eigenvalue weighted by Gasteiger charge is 2.40. The maximum atomic E-state index is 13.9. The van der Waals surface area contributed by atoms with E-state index in [2.05, 4.69) is 9.88 Å². The Morgan fingerprint density at radius 1 is 1.18 bits per heavy atom. The molecule has 1 aromatic heterocycles. The van der Waals surface area contributed by atoms with E-state index in [0.29, 0.717) is 80.9 Å². The van der Waals surface area contributed by atoms with Gasteiger partial charge in [0.2, 0.25) is 5.91 Å². The van der Waals surface area contributed by atoms with Crippen LogP contribution in [0.15, 0.2) is 41.4 Å². The Morgan fingerprint density at radius 2 is 1.90 bits per heavy atom. The molecule has 210 valence electrons. The summed E-state index contributed by atoms with van der Waals surface area (Å²) in [6, 6.07) is 6.79.